The number of phenols is 2. The normalized spacial score (nSPS) is 10.8. The molecule has 0 unspecified atom stereocenters. The number of aromatic hydroxyl groups is 2. The summed E-state index contributed by atoms with van der Waals surface area (Å²) >= 11 is 0. The van der Waals surface area contributed by atoms with E-state index in [0.717, 1.165) is 5.56 Å². The molecule has 2 aromatic carbocycles. The van der Waals surface area contributed by atoms with Gasteiger partial charge in [0, 0.05) is 18.2 Å². The van der Waals surface area contributed by atoms with Crippen LogP contribution in [0, 0.1) is 12.3 Å². The van der Waals surface area contributed by atoms with Crippen molar-refractivity contribution >= 4 is 17.6 Å². The van der Waals surface area contributed by atoms with Gasteiger partial charge < -0.3 is 26.6 Å². The maximum Gasteiger partial charge on any atom is 0.294 e. The lowest BCUT2D eigenvalue weighted by atomic mass is 10.1. The van der Waals surface area contributed by atoms with E-state index in [4.69, 9.17) is 11.1 Å². The van der Waals surface area contributed by atoms with Crippen LogP contribution >= 0.6 is 0 Å². The predicted octanol–water partition coefficient (Wildman–Crippen LogP) is 2.05. The SMILES string of the molecule is Cc1cc(O)cc(-c2cnc(NC(C)C)c(=O)n2CC(=O)NCc2ccc(C(=N)N)c(O)c2)c1. The van der Waals surface area contributed by atoms with Gasteiger partial charge in [-0.25, -0.2) is 4.98 Å². The van der Waals surface area contributed by atoms with Crippen LogP contribution in [0.4, 0.5) is 5.82 Å². The Labute approximate surface area is 196 Å². The Balaban J connectivity index is 1.89. The van der Waals surface area contributed by atoms with Gasteiger partial charge in [0.05, 0.1) is 17.5 Å². The summed E-state index contributed by atoms with van der Waals surface area (Å²) in [4.78, 5) is 30.2. The molecule has 1 aromatic heterocycles. The first-order valence-corrected chi connectivity index (χ1v) is 10.7. The number of aromatic nitrogens is 2. The molecule has 0 aliphatic rings. The fourth-order valence-electron chi connectivity index (χ4n) is 3.47. The zero-order valence-corrected chi connectivity index (χ0v) is 19.2. The fraction of sp³-hybridized carbons (Fsp3) is 0.250. The van der Waals surface area contributed by atoms with E-state index in [-0.39, 0.29) is 47.8 Å². The summed E-state index contributed by atoms with van der Waals surface area (Å²) in [6.07, 6.45) is 1.49. The number of nitrogen functional groups attached to an aromatic ring is 1. The first kappa shape index (κ1) is 24.3. The summed E-state index contributed by atoms with van der Waals surface area (Å²) in [5.74, 6) is -0.692. The molecule has 0 saturated heterocycles. The second-order valence-corrected chi connectivity index (χ2v) is 8.28. The Morgan fingerprint density at radius 2 is 1.94 bits per heavy atom. The Hall–Kier alpha value is -4.34. The molecule has 0 fully saturated rings. The van der Waals surface area contributed by atoms with Crippen molar-refractivity contribution in [3.8, 4) is 22.8 Å². The van der Waals surface area contributed by atoms with Crippen molar-refractivity contribution in [1.82, 2.24) is 14.9 Å². The van der Waals surface area contributed by atoms with Gasteiger partial charge in [-0.05, 0) is 62.2 Å². The number of nitrogens with zero attached hydrogens (tertiary/aromatic N) is 2. The monoisotopic (exact) mass is 464 g/mol. The number of amides is 1. The van der Waals surface area contributed by atoms with Crippen molar-refractivity contribution in [1.29, 1.82) is 5.41 Å². The number of anilines is 1. The molecule has 0 spiro atoms. The number of aryl methyl sites for hydroxylation is 1. The molecule has 3 rings (SSSR count). The molecule has 1 heterocycles. The van der Waals surface area contributed by atoms with E-state index >= 15 is 0 Å². The van der Waals surface area contributed by atoms with Crippen LogP contribution in [-0.2, 0) is 17.9 Å². The van der Waals surface area contributed by atoms with E-state index in [9.17, 15) is 19.8 Å². The first-order valence-electron chi connectivity index (χ1n) is 10.7. The molecule has 0 bridgehead atoms. The molecular weight excluding hydrogens is 436 g/mol. The van der Waals surface area contributed by atoms with Crippen molar-refractivity contribution in [2.75, 3.05) is 5.32 Å². The highest BCUT2D eigenvalue weighted by atomic mass is 16.3. The minimum absolute atomic E-state index is 0.0386. The average molecular weight is 465 g/mol. The molecule has 0 aliphatic heterocycles. The number of carbonyl (C=O) groups excluding carboxylic acids is 1. The second kappa shape index (κ2) is 10.1. The zero-order chi connectivity index (χ0) is 25.0. The molecule has 0 aliphatic carbocycles. The van der Waals surface area contributed by atoms with E-state index in [2.05, 4.69) is 15.6 Å². The molecule has 0 radical (unpaired) electrons. The maximum atomic E-state index is 13.2. The average Bonchev–Trinajstić information content (AvgIpc) is 2.74. The fourth-order valence-corrected chi connectivity index (χ4v) is 3.47. The molecule has 34 heavy (non-hydrogen) atoms. The van der Waals surface area contributed by atoms with Crippen LogP contribution in [0.1, 0.15) is 30.5 Å². The van der Waals surface area contributed by atoms with E-state index in [1.807, 2.05) is 20.8 Å². The highest BCUT2D eigenvalue weighted by Gasteiger charge is 2.16. The number of amidine groups is 1. The van der Waals surface area contributed by atoms with Crippen LogP contribution < -0.4 is 21.9 Å². The number of hydrogen-bond acceptors (Lipinski definition) is 7. The van der Waals surface area contributed by atoms with Gasteiger partial charge in [0.1, 0.15) is 23.9 Å². The van der Waals surface area contributed by atoms with Crippen LogP contribution in [0.15, 0.2) is 47.4 Å². The number of hydrogen-bond donors (Lipinski definition) is 6. The molecule has 1 amide bonds. The van der Waals surface area contributed by atoms with Crippen LogP contribution in [0.3, 0.4) is 0 Å². The molecule has 0 saturated carbocycles. The second-order valence-electron chi connectivity index (χ2n) is 8.28. The van der Waals surface area contributed by atoms with Crippen molar-refractivity contribution in [3.05, 3.63) is 69.6 Å². The number of nitrogens with two attached hydrogens (primary N) is 1. The van der Waals surface area contributed by atoms with Crippen molar-refractivity contribution < 1.29 is 15.0 Å². The van der Waals surface area contributed by atoms with Gasteiger partial charge in [0.2, 0.25) is 5.91 Å². The van der Waals surface area contributed by atoms with E-state index < -0.39 is 11.5 Å². The third-order valence-electron chi connectivity index (χ3n) is 4.98. The quantitative estimate of drug-likeness (QED) is 0.219. The highest BCUT2D eigenvalue weighted by molar-refractivity contribution is 5.97. The van der Waals surface area contributed by atoms with Crippen molar-refractivity contribution in [2.45, 2.75) is 39.9 Å². The number of benzene rings is 2. The summed E-state index contributed by atoms with van der Waals surface area (Å²) in [5, 5.41) is 33.2. The minimum atomic E-state index is -0.467. The van der Waals surface area contributed by atoms with Crippen molar-refractivity contribution in [3.63, 3.8) is 0 Å². The van der Waals surface area contributed by atoms with Gasteiger partial charge in [-0.15, -0.1) is 0 Å². The summed E-state index contributed by atoms with van der Waals surface area (Å²) in [6, 6.07) is 9.41. The highest BCUT2D eigenvalue weighted by Crippen LogP contribution is 2.25. The molecule has 10 nitrogen and oxygen atoms in total. The molecule has 10 heteroatoms. The van der Waals surface area contributed by atoms with Crippen LogP contribution in [0.25, 0.3) is 11.3 Å². The van der Waals surface area contributed by atoms with Gasteiger partial charge in [-0.3, -0.25) is 19.6 Å². The topological polar surface area (TPSA) is 166 Å². The lowest BCUT2D eigenvalue weighted by Gasteiger charge is -2.16. The smallest absolute Gasteiger partial charge is 0.294 e. The minimum Gasteiger partial charge on any atom is -0.508 e. The first-order chi connectivity index (χ1) is 16.0. The summed E-state index contributed by atoms with van der Waals surface area (Å²) in [7, 11) is 0. The Morgan fingerprint density at radius 1 is 1.21 bits per heavy atom. The van der Waals surface area contributed by atoms with Gasteiger partial charge in [-0.1, -0.05) is 6.07 Å². The van der Waals surface area contributed by atoms with Gasteiger partial charge >= 0.3 is 0 Å². The molecule has 7 N–H and O–H groups in total. The van der Waals surface area contributed by atoms with Gasteiger partial charge in [-0.2, -0.15) is 0 Å². The number of carbonyl (C=O) groups is 1. The summed E-state index contributed by atoms with van der Waals surface area (Å²) in [5.41, 5.74) is 7.47. The maximum absolute atomic E-state index is 13.2. The van der Waals surface area contributed by atoms with E-state index in [1.54, 1.807) is 18.2 Å². The van der Waals surface area contributed by atoms with E-state index in [0.29, 0.717) is 16.8 Å². The molecule has 0 atom stereocenters. The number of rotatable bonds is 8. The van der Waals surface area contributed by atoms with Gasteiger partial charge in [0.15, 0.2) is 5.82 Å². The lowest BCUT2D eigenvalue weighted by molar-refractivity contribution is -0.121. The van der Waals surface area contributed by atoms with Crippen LogP contribution in [0.5, 0.6) is 11.5 Å². The summed E-state index contributed by atoms with van der Waals surface area (Å²) < 4.78 is 1.30. The standard InChI is InChI=1S/C24H28N6O4/c1-13(2)29-23-24(34)30(19(11-28-23)16-6-14(3)7-17(31)9-16)12-21(33)27-10-15-4-5-18(22(25)26)20(32)8-15/h4-9,11,13,31-32H,10,12H2,1-3H3,(H3,25,26)(H,27,33)(H,28,29). The Kier molecular flexibility index (Phi) is 7.20. The van der Waals surface area contributed by atoms with Crippen LogP contribution in [0.2, 0.25) is 0 Å². The number of phenolic OH excluding ortho intramolecular Hbond substituents is 2. The molecule has 3 aromatic rings. The van der Waals surface area contributed by atoms with Crippen LogP contribution in [-0.4, -0.2) is 37.5 Å². The molecular formula is C24H28N6O4. The third-order valence-corrected chi connectivity index (χ3v) is 4.98. The Morgan fingerprint density at radius 3 is 2.56 bits per heavy atom. The summed E-state index contributed by atoms with van der Waals surface area (Å²) in [6.45, 7) is 5.37. The zero-order valence-electron chi connectivity index (χ0n) is 19.2. The lowest BCUT2D eigenvalue weighted by Crippen LogP contribution is -2.35. The molecule has 178 valence electrons. The van der Waals surface area contributed by atoms with E-state index in [1.165, 1.54) is 29.0 Å². The number of nitrogens with one attached hydrogen (secondary N) is 3. The van der Waals surface area contributed by atoms with Crippen molar-refractivity contribution in [2.24, 2.45) is 5.73 Å². The Bertz CT molecular complexity index is 1280. The predicted molar refractivity (Wildman–Crippen MR) is 130 cm³/mol. The van der Waals surface area contributed by atoms with Gasteiger partial charge in [0.25, 0.3) is 5.56 Å². The third kappa shape index (κ3) is 5.71. The largest absolute Gasteiger partial charge is 0.508 e.